The second kappa shape index (κ2) is 6.61. The number of amides is 2. The van der Waals surface area contributed by atoms with Crippen molar-refractivity contribution in [3.05, 3.63) is 58.0 Å². The van der Waals surface area contributed by atoms with Crippen molar-refractivity contribution in [1.29, 1.82) is 0 Å². The van der Waals surface area contributed by atoms with E-state index in [0.29, 0.717) is 0 Å². The van der Waals surface area contributed by atoms with Gasteiger partial charge in [-0.3, -0.25) is 9.69 Å². The van der Waals surface area contributed by atoms with Crippen LogP contribution in [0.5, 0.6) is 0 Å². The SMILES string of the molecule is CN1C(=O)N[C@H](c2ccc(F)cc2)[C@@H](C(=O)c2cccs2)[C@@]1(O)C(F)(F)F. The number of ketones is 1. The van der Waals surface area contributed by atoms with Crippen LogP contribution in [-0.4, -0.2) is 40.8 Å². The normalized spacial score (nSPS) is 26.0. The molecule has 1 aromatic carbocycles. The molecule has 0 spiro atoms. The third-order valence-electron chi connectivity index (χ3n) is 4.55. The Morgan fingerprint density at radius 1 is 1.26 bits per heavy atom. The average molecular weight is 402 g/mol. The van der Waals surface area contributed by atoms with Crippen molar-refractivity contribution < 1.29 is 32.3 Å². The summed E-state index contributed by atoms with van der Waals surface area (Å²) < 4.78 is 54.8. The molecule has 5 nitrogen and oxygen atoms in total. The van der Waals surface area contributed by atoms with Gasteiger partial charge in [0.2, 0.25) is 0 Å². The van der Waals surface area contributed by atoms with Gasteiger partial charge in [-0.2, -0.15) is 13.2 Å². The van der Waals surface area contributed by atoms with Gasteiger partial charge in [-0.25, -0.2) is 9.18 Å². The molecule has 2 amide bonds. The smallest absolute Gasteiger partial charge is 0.363 e. The molecule has 144 valence electrons. The summed E-state index contributed by atoms with van der Waals surface area (Å²) in [5.41, 5.74) is -3.68. The number of thiophene rings is 1. The fourth-order valence-electron chi connectivity index (χ4n) is 3.13. The maximum atomic E-state index is 13.9. The molecule has 2 aromatic rings. The van der Waals surface area contributed by atoms with Gasteiger partial charge in [0.15, 0.2) is 5.78 Å². The number of benzene rings is 1. The van der Waals surface area contributed by atoms with Crippen LogP contribution in [0.4, 0.5) is 22.4 Å². The summed E-state index contributed by atoms with van der Waals surface area (Å²) >= 11 is 0.919. The van der Waals surface area contributed by atoms with Crippen LogP contribution in [0.2, 0.25) is 0 Å². The molecule has 2 N–H and O–H groups in total. The summed E-state index contributed by atoms with van der Waals surface area (Å²) in [6, 6.07) is 4.44. The predicted molar refractivity (Wildman–Crippen MR) is 88.6 cm³/mol. The van der Waals surface area contributed by atoms with E-state index in [9.17, 15) is 32.3 Å². The maximum absolute atomic E-state index is 13.9. The zero-order valence-corrected chi connectivity index (χ0v) is 14.6. The molecule has 0 saturated carbocycles. The van der Waals surface area contributed by atoms with Gasteiger partial charge in [-0.15, -0.1) is 11.3 Å². The summed E-state index contributed by atoms with van der Waals surface area (Å²) in [6.07, 6.45) is -5.31. The molecule has 1 saturated heterocycles. The van der Waals surface area contributed by atoms with Crippen molar-refractivity contribution in [2.45, 2.75) is 17.9 Å². The quantitative estimate of drug-likeness (QED) is 0.611. The van der Waals surface area contributed by atoms with E-state index in [-0.39, 0.29) is 15.3 Å². The van der Waals surface area contributed by atoms with Gasteiger partial charge in [0.05, 0.1) is 10.9 Å². The van der Waals surface area contributed by atoms with Crippen LogP contribution in [0.25, 0.3) is 0 Å². The number of aliphatic hydroxyl groups is 1. The predicted octanol–water partition coefficient (Wildman–Crippen LogP) is 3.33. The zero-order chi connectivity index (χ0) is 20.0. The molecule has 2 heterocycles. The van der Waals surface area contributed by atoms with E-state index in [2.05, 4.69) is 5.32 Å². The van der Waals surface area contributed by atoms with E-state index in [0.717, 1.165) is 42.6 Å². The van der Waals surface area contributed by atoms with E-state index in [1.807, 2.05) is 0 Å². The Labute approximate surface area is 155 Å². The number of alkyl halides is 3. The number of nitrogens with zero attached hydrogens (tertiary/aromatic N) is 1. The first kappa shape index (κ1) is 19.3. The molecule has 0 unspecified atom stereocenters. The van der Waals surface area contributed by atoms with Crippen LogP contribution in [0.15, 0.2) is 41.8 Å². The minimum absolute atomic E-state index is 0.000615. The molecule has 1 fully saturated rings. The lowest BCUT2D eigenvalue weighted by atomic mass is 9.78. The van der Waals surface area contributed by atoms with Gasteiger partial charge in [0.1, 0.15) is 11.7 Å². The molecular formula is C17H14F4N2O3S. The van der Waals surface area contributed by atoms with Crippen LogP contribution in [0.1, 0.15) is 21.3 Å². The molecule has 1 aliphatic heterocycles. The van der Waals surface area contributed by atoms with Crippen molar-refractivity contribution in [2.75, 3.05) is 7.05 Å². The number of halogens is 4. The van der Waals surface area contributed by atoms with Crippen LogP contribution < -0.4 is 5.32 Å². The van der Waals surface area contributed by atoms with Crippen molar-refractivity contribution in [3.8, 4) is 0 Å². The Morgan fingerprint density at radius 3 is 2.41 bits per heavy atom. The van der Waals surface area contributed by atoms with Crippen LogP contribution >= 0.6 is 11.3 Å². The molecule has 1 aliphatic rings. The number of rotatable bonds is 3. The Balaban J connectivity index is 2.19. The number of Topliss-reactive ketones (excluding diaryl/α,β-unsaturated/α-hetero) is 1. The van der Waals surface area contributed by atoms with E-state index in [4.69, 9.17) is 0 Å². The Morgan fingerprint density at radius 2 is 1.89 bits per heavy atom. The van der Waals surface area contributed by atoms with Gasteiger partial charge in [-0.1, -0.05) is 18.2 Å². The van der Waals surface area contributed by atoms with Crippen molar-refractivity contribution in [3.63, 3.8) is 0 Å². The van der Waals surface area contributed by atoms with E-state index >= 15 is 0 Å². The lowest BCUT2D eigenvalue weighted by Gasteiger charge is -2.49. The highest BCUT2D eigenvalue weighted by Crippen LogP contribution is 2.47. The highest BCUT2D eigenvalue weighted by atomic mass is 32.1. The van der Waals surface area contributed by atoms with E-state index in [1.54, 1.807) is 0 Å². The molecule has 0 aliphatic carbocycles. The molecule has 0 radical (unpaired) electrons. The van der Waals surface area contributed by atoms with Crippen LogP contribution in [0, 0.1) is 11.7 Å². The summed E-state index contributed by atoms with van der Waals surface area (Å²) in [5, 5.41) is 14.4. The number of carbonyl (C=O) groups excluding carboxylic acids is 2. The molecule has 27 heavy (non-hydrogen) atoms. The largest absolute Gasteiger partial charge is 0.437 e. The number of urea groups is 1. The number of nitrogens with one attached hydrogen (secondary N) is 1. The summed E-state index contributed by atoms with van der Waals surface area (Å²) in [4.78, 5) is 25.1. The molecule has 3 atom stereocenters. The first-order chi connectivity index (χ1) is 12.6. The zero-order valence-electron chi connectivity index (χ0n) is 13.8. The minimum atomic E-state index is -5.31. The number of carbonyl (C=O) groups is 2. The molecule has 3 rings (SSSR count). The molecule has 1 aromatic heterocycles. The number of hydrogen-bond acceptors (Lipinski definition) is 4. The maximum Gasteiger partial charge on any atom is 0.437 e. The lowest BCUT2D eigenvalue weighted by molar-refractivity contribution is -0.322. The Hall–Kier alpha value is -2.46. The minimum Gasteiger partial charge on any atom is -0.363 e. The average Bonchev–Trinajstić information content (AvgIpc) is 3.13. The van der Waals surface area contributed by atoms with Gasteiger partial charge < -0.3 is 10.4 Å². The first-order valence-corrected chi connectivity index (χ1v) is 8.62. The van der Waals surface area contributed by atoms with Crippen LogP contribution in [0.3, 0.4) is 0 Å². The molecule has 0 bridgehead atoms. The highest BCUT2D eigenvalue weighted by Gasteiger charge is 2.69. The number of hydrogen-bond donors (Lipinski definition) is 2. The molecular weight excluding hydrogens is 388 g/mol. The summed E-state index contributed by atoms with van der Waals surface area (Å²) in [6.45, 7) is 0. The van der Waals surface area contributed by atoms with Gasteiger partial charge in [0.25, 0.3) is 5.72 Å². The standard InChI is InChI=1S/C17H14F4N2O3S/c1-23-15(25)22-13(9-4-6-10(18)7-5-9)12(16(23,26)17(19,20)21)14(24)11-3-2-8-27-11/h2-8,12-13,26H,1H3,(H,22,25)/t12-,13+,16+/m0/s1. The van der Waals surface area contributed by atoms with Crippen molar-refractivity contribution >= 4 is 23.2 Å². The summed E-state index contributed by atoms with van der Waals surface area (Å²) in [7, 11) is 0.762. The summed E-state index contributed by atoms with van der Waals surface area (Å²) in [5.74, 6) is -3.71. The van der Waals surface area contributed by atoms with E-state index in [1.165, 1.54) is 17.5 Å². The first-order valence-electron chi connectivity index (χ1n) is 7.74. The molecule has 10 heteroatoms. The second-order valence-corrected chi connectivity index (χ2v) is 7.03. The van der Waals surface area contributed by atoms with Crippen molar-refractivity contribution in [1.82, 2.24) is 10.2 Å². The fraction of sp³-hybridized carbons (Fsp3) is 0.294. The third kappa shape index (κ3) is 3.08. The highest BCUT2D eigenvalue weighted by molar-refractivity contribution is 7.12. The van der Waals surface area contributed by atoms with Gasteiger partial charge >= 0.3 is 12.2 Å². The van der Waals surface area contributed by atoms with Gasteiger partial charge in [-0.05, 0) is 29.1 Å². The lowest BCUT2D eigenvalue weighted by Crippen LogP contribution is -2.72. The Bertz CT molecular complexity index is 854. The van der Waals surface area contributed by atoms with Gasteiger partial charge in [0, 0.05) is 7.05 Å². The second-order valence-electron chi connectivity index (χ2n) is 6.08. The Kier molecular flexibility index (Phi) is 4.73. The monoisotopic (exact) mass is 402 g/mol. The van der Waals surface area contributed by atoms with Crippen molar-refractivity contribution in [2.24, 2.45) is 5.92 Å². The van der Waals surface area contributed by atoms with E-state index < -0.39 is 41.5 Å². The third-order valence-corrected chi connectivity index (χ3v) is 5.44. The van der Waals surface area contributed by atoms with Crippen LogP contribution in [-0.2, 0) is 0 Å². The topological polar surface area (TPSA) is 69.6 Å². The fourth-order valence-corrected chi connectivity index (χ4v) is 3.83.